The van der Waals surface area contributed by atoms with E-state index in [-0.39, 0.29) is 6.61 Å². The van der Waals surface area contributed by atoms with Gasteiger partial charge >= 0.3 is 5.97 Å². The van der Waals surface area contributed by atoms with E-state index < -0.39 is 21.2 Å². The Bertz CT molecular complexity index is 575. The molecule has 0 aliphatic carbocycles. The lowest BCUT2D eigenvalue weighted by Crippen LogP contribution is -2.57. The number of carbonyl (C=O) groups is 3. The van der Waals surface area contributed by atoms with Gasteiger partial charge in [-0.2, -0.15) is 0 Å². The molecule has 1 aliphatic rings. The summed E-state index contributed by atoms with van der Waals surface area (Å²) in [6, 6.07) is 8.40. The Hall–Kier alpha value is -1.44. The minimum Gasteiger partial charge on any atom is -0.464 e. The summed E-state index contributed by atoms with van der Waals surface area (Å²) >= 11 is 1.95. The van der Waals surface area contributed by atoms with Gasteiger partial charge in [-0.25, -0.2) is 4.79 Å². The fraction of sp³-hybridized carbons (Fsp3) is 0.438. The minimum atomic E-state index is -1.09. The molecule has 0 bridgehead atoms. The van der Waals surface area contributed by atoms with Crippen molar-refractivity contribution in [2.75, 3.05) is 13.2 Å². The monoisotopic (exact) mass is 415 g/mol. The summed E-state index contributed by atoms with van der Waals surface area (Å²) in [7, 11) is 0. The molecule has 0 N–H and O–H groups in total. The molecule has 1 unspecified atom stereocenters. The number of esters is 1. The number of hydrogen-bond donors (Lipinski definition) is 0. The summed E-state index contributed by atoms with van der Waals surface area (Å²) in [5.74, 6) is -1.69. The second-order valence-corrected chi connectivity index (χ2v) is 6.87. The smallest absolute Gasteiger partial charge is 0.342 e. The lowest BCUT2D eigenvalue weighted by atomic mass is 10.00. The Morgan fingerprint density at radius 3 is 2.55 bits per heavy atom. The largest absolute Gasteiger partial charge is 0.464 e. The fourth-order valence-electron chi connectivity index (χ4n) is 2.49. The van der Waals surface area contributed by atoms with Crippen molar-refractivity contribution in [2.24, 2.45) is 0 Å². The summed E-state index contributed by atoms with van der Waals surface area (Å²) in [4.78, 5) is 38.6. The molecule has 1 heterocycles. The van der Waals surface area contributed by atoms with E-state index in [2.05, 4.69) is 0 Å². The van der Waals surface area contributed by atoms with Crippen LogP contribution in [0.5, 0.6) is 0 Å². The van der Waals surface area contributed by atoms with E-state index in [9.17, 15) is 14.4 Å². The van der Waals surface area contributed by atoms with Gasteiger partial charge in [-0.15, -0.1) is 0 Å². The first-order valence-electron chi connectivity index (χ1n) is 7.28. The molecule has 1 atom stereocenters. The zero-order chi connectivity index (χ0) is 16.2. The molecular formula is C16H18INO4. The van der Waals surface area contributed by atoms with Gasteiger partial charge in [-0.1, -0.05) is 30.3 Å². The van der Waals surface area contributed by atoms with Crippen LogP contribution in [0.25, 0.3) is 0 Å². The fourth-order valence-corrected chi connectivity index (χ4v) is 3.49. The van der Waals surface area contributed by atoms with Gasteiger partial charge in [0.1, 0.15) is 0 Å². The van der Waals surface area contributed by atoms with Crippen LogP contribution in [0.3, 0.4) is 0 Å². The topological polar surface area (TPSA) is 63.7 Å². The lowest BCUT2D eigenvalue weighted by molar-refractivity contribution is -0.156. The van der Waals surface area contributed by atoms with Gasteiger partial charge in [0.25, 0.3) is 5.91 Å². The van der Waals surface area contributed by atoms with E-state index in [0.717, 1.165) is 12.8 Å². The number of amides is 1. The van der Waals surface area contributed by atoms with Crippen LogP contribution in [0, 0.1) is 0 Å². The molecule has 0 spiro atoms. The van der Waals surface area contributed by atoms with Crippen molar-refractivity contribution in [3.05, 3.63) is 35.9 Å². The molecule has 1 fully saturated rings. The van der Waals surface area contributed by atoms with Crippen molar-refractivity contribution >= 4 is 40.3 Å². The molecule has 2 rings (SSSR count). The van der Waals surface area contributed by atoms with Crippen molar-refractivity contribution in [3.63, 3.8) is 0 Å². The number of benzene rings is 1. The predicted octanol–water partition coefficient (Wildman–Crippen LogP) is 2.58. The lowest BCUT2D eigenvalue weighted by Gasteiger charge is -2.40. The molecule has 0 aromatic heterocycles. The van der Waals surface area contributed by atoms with Crippen LogP contribution in [0.4, 0.5) is 0 Å². The number of likely N-dealkylation sites (tertiary alicyclic amines) is 1. The van der Waals surface area contributed by atoms with Gasteiger partial charge < -0.3 is 9.64 Å². The number of Topliss-reactive ketones (excluding diaryl/α,β-unsaturated/α-hetero) is 1. The summed E-state index contributed by atoms with van der Waals surface area (Å²) < 4.78 is 4.01. The maximum Gasteiger partial charge on any atom is 0.342 e. The number of nitrogens with zero attached hydrogens (tertiary/aromatic N) is 1. The highest BCUT2D eigenvalue weighted by molar-refractivity contribution is 14.1. The third kappa shape index (κ3) is 3.31. The molecule has 22 heavy (non-hydrogen) atoms. The highest BCUT2D eigenvalue weighted by Crippen LogP contribution is 2.36. The van der Waals surface area contributed by atoms with Crippen molar-refractivity contribution < 1.29 is 19.1 Å². The molecule has 1 saturated heterocycles. The number of rotatable bonds is 4. The number of ether oxygens (including phenoxy) is 1. The zero-order valence-corrected chi connectivity index (χ0v) is 14.5. The Morgan fingerprint density at radius 2 is 1.91 bits per heavy atom. The average Bonchev–Trinajstić information content (AvgIpc) is 2.55. The molecule has 5 nitrogen and oxygen atoms in total. The normalized spacial score (nSPS) is 21.3. The Morgan fingerprint density at radius 1 is 1.23 bits per heavy atom. The van der Waals surface area contributed by atoms with Crippen molar-refractivity contribution in [2.45, 2.75) is 29.7 Å². The van der Waals surface area contributed by atoms with Crippen LogP contribution < -0.4 is 0 Å². The SMILES string of the molecule is CCOC(=O)C1(I)CCCCN1C(=O)C(=O)c1ccccc1. The van der Waals surface area contributed by atoms with Crippen molar-refractivity contribution in [3.8, 4) is 0 Å². The van der Waals surface area contributed by atoms with Crippen LogP contribution in [0.15, 0.2) is 30.3 Å². The number of halogens is 1. The molecule has 6 heteroatoms. The van der Waals surface area contributed by atoms with E-state index in [1.165, 1.54) is 4.90 Å². The maximum atomic E-state index is 12.6. The molecule has 1 aromatic rings. The molecule has 1 aliphatic heterocycles. The van der Waals surface area contributed by atoms with Gasteiger partial charge in [-0.05, 0) is 48.8 Å². The zero-order valence-electron chi connectivity index (χ0n) is 12.4. The summed E-state index contributed by atoms with van der Waals surface area (Å²) in [5, 5.41) is 0. The van der Waals surface area contributed by atoms with E-state index in [4.69, 9.17) is 4.74 Å². The van der Waals surface area contributed by atoms with E-state index in [0.29, 0.717) is 18.5 Å². The second kappa shape index (κ2) is 7.21. The second-order valence-electron chi connectivity index (χ2n) is 5.09. The highest BCUT2D eigenvalue weighted by Gasteiger charge is 2.48. The van der Waals surface area contributed by atoms with E-state index in [1.54, 1.807) is 37.3 Å². The van der Waals surface area contributed by atoms with Crippen molar-refractivity contribution in [1.82, 2.24) is 4.90 Å². The number of hydrogen-bond acceptors (Lipinski definition) is 4. The molecular weight excluding hydrogens is 397 g/mol. The van der Waals surface area contributed by atoms with Crippen molar-refractivity contribution in [1.29, 1.82) is 0 Å². The molecule has 1 aromatic carbocycles. The third-order valence-corrected chi connectivity index (χ3v) is 5.19. The summed E-state index contributed by atoms with van der Waals surface area (Å²) in [5.41, 5.74) is 0.334. The first kappa shape index (κ1) is 16.9. The first-order valence-corrected chi connectivity index (χ1v) is 8.36. The molecule has 0 saturated carbocycles. The first-order chi connectivity index (χ1) is 10.5. The number of piperidine rings is 1. The van der Waals surface area contributed by atoms with Gasteiger partial charge in [0, 0.05) is 12.1 Å². The van der Waals surface area contributed by atoms with Crippen LogP contribution in [0.2, 0.25) is 0 Å². The number of ketones is 1. The Balaban J connectivity index is 2.25. The predicted molar refractivity (Wildman–Crippen MR) is 89.7 cm³/mol. The summed E-state index contributed by atoms with van der Waals surface area (Å²) in [6.07, 6.45) is 2.10. The quantitative estimate of drug-likeness (QED) is 0.189. The summed E-state index contributed by atoms with van der Waals surface area (Å²) in [6.45, 7) is 2.36. The van der Waals surface area contributed by atoms with Gasteiger partial charge in [0.15, 0.2) is 3.55 Å². The van der Waals surface area contributed by atoms with Gasteiger partial charge in [0.05, 0.1) is 6.61 Å². The maximum absolute atomic E-state index is 12.6. The van der Waals surface area contributed by atoms with Gasteiger partial charge in [-0.3, -0.25) is 9.59 Å². The highest BCUT2D eigenvalue weighted by atomic mass is 127. The van der Waals surface area contributed by atoms with Gasteiger partial charge in [0.2, 0.25) is 5.78 Å². The standard InChI is InChI=1S/C16H18INO4/c1-2-22-15(21)16(17)10-6-7-11-18(16)14(20)13(19)12-8-4-3-5-9-12/h3-5,8-9H,2,6-7,10-11H2,1H3. The molecule has 118 valence electrons. The number of carbonyl (C=O) groups excluding carboxylic acids is 3. The van der Waals surface area contributed by atoms with Crippen LogP contribution in [-0.4, -0.2) is 39.3 Å². The average molecular weight is 415 g/mol. The molecule has 1 amide bonds. The minimum absolute atomic E-state index is 0.248. The van der Waals surface area contributed by atoms with E-state index in [1.807, 2.05) is 22.6 Å². The van der Waals surface area contributed by atoms with E-state index >= 15 is 0 Å². The third-order valence-electron chi connectivity index (χ3n) is 3.63. The van der Waals surface area contributed by atoms with Crippen LogP contribution in [0.1, 0.15) is 36.5 Å². The Labute approximate surface area is 143 Å². The van der Waals surface area contributed by atoms with Crippen LogP contribution in [-0.2, 0) is 14.3 Å². The molecule has 0 radical (unpaired) electrons. The Kier molecular flexibility index (Phi) is 5.55. The number of alkyl halides is 1. The van der Waals surface area contributed by atoms with Crippen LogP contribution >= 0.6 is 22.6 Å².